The van der Waals surface area contributed by atoms with Crippen LogP contribution in [0.15, 0.2) is 0 Å². The highest BCUT2D eigenvalue weighted by molar-refractivity contribution is 7.91. The SMILES string of the molecule is CC(C)(C)OC(=O)NC1CC1NC1CCCC1S(C)(=O)=O. The summed E-state index contributed by atoms with van der Waals surface area (Å²) in [6.07, 6.45) is 4.27. The summed E-state index contributed by atoms with van der Waals surface area (Å²) in [6.45, 7) is 5.47. The van der Waals surface area contributed by atoms with Crippen LogP contribution in [0.1, 0.15) is 46.5 Å². The number of ether oxygens (including phenoxy) is 1. The van der Waals surface area contributed by atoms with Crippen molar-refractivity contribution in [2.75, 3.05) is 6.26 Å². The van der Waals surface area contributed by atoms with E-state index < -0.39 is 21.5 Å². The summed E-state index contributed by atoms with van der Waals surface area (Å²) in [5.41, 5.74) is -0.505. The molecule has 2 rings (SSSR count). The highest BCUT2D eigenvalue weighted by Gasteiger charge is 2.44. The van der Waals surface area contributed by atoms with Gasteiger partial charge in [-0.3, -0.25) is 0 Å². The van der Waals surface area contributed by atoms with Gasteiger partial charge in [0.2, 0.25) is 0 Å². The molecule has 0 aromatic carbocycles. The number of amides is 1. The van der Waals surface area contributed by atoms with E-state index in [0.717, 1.165) is 25.7 Å². The minimum atomic E-state index is -3.01. The van der Waals surface area contributed by atoms with Crippen molar-refractivity contribution in [2.24, 2.45) is 0 Å². The van der Waals surface area contributed by atoms with Crippen molar-refractivity contribution in [3.8, 4) is 0 Å². The van der Waals surface area contributed by atoms with E-state index >= 15 is 0 Å². The number of rotatable bonds is 4. The van der Waals surface area contributed by atoms with Crippen molar-refractivity contribution in [1.82, 2.24) is 10.6 Å². The van der Waals surface area contributed by atoms with E-state index in [2.05, 4.69) is 10.6 Å². The average Bonchev–Trinajstić information content (AvgIpc) is 2.81. The second-order valence-electron chi connectivity index (χ2n) is 7.17. The first-order chi connectivity index (χ1) is 9.56. The fourth-order valence-corrected chi connectivity index (χ4v) is 4.31. The van der Waals surface area contributed by atoms with Crippen LogP contribution in [-0.2, 0) is 14.6 Å². The molecule has 0 heterocycles. The lowest BCUT2D eigenvalue weighted by Crippen LogP contribution is -2.44. The Morgan fingerprint density at radius 2 is 1.81 bits per heavy atom. The molecule has 0 radical (unpaired) electrons. The number of hydrogen-bond acceptors (Lipinski definition) is 5. The molecule has 0 bridgehead atoms. The summed E-state index contributed by atoms with van der Waals surface area (Å²) in [6, 6.07) is 0.209. The van der Waals surface area contributed by atoms with Crippen molar-refractivity contribution in [1.29, 1.82) is 0 Å². The Morgan fingerprint density at radius 1 is 1.14 bits per heavy atom. The summed E-state index contributed by atoms with van der Waals surface area (Å²) in [5.74, 6) is 0. The minimum Gasteiger partial charge on any atom is -0.444 e. The van der Waals surface area contributed by atoms with Gasteiger partial charge in [0.15, 0.2) is 9.84 Å². The zero-order valence-corrected chi connectivity index (χ0v) is 14.0. The van der Waals surface area contributed by atoms with E-state index in [1.54, 1.807) is 0 Å². The molecule has 7 heteroatoms. The van der Waals surface area contributed by atoms with Gasteiger partial charge in [-0.25, -0.2) is 13.2 Å². The number of sulfone groups is 1. The van der Waals surface area contributed by atoms with Crippen LogP contribution in [0.4, 0.5) is 4.79 Å². The normalized spacial score (nSPS) is 32.8. The number of alkyl carbamates (subject to hydrolysis) is 1. The molecular formula is C14H26N2O4S. The molecule has 2 aliphatic carbocycles. The van der Waals surface area contributed by atoms with E-state index in [-0.39, 0.29) is 23.4 Å². The van der Waals surface area contributed by atoms with E-state index in [4.69, 9.17) is 4.74 Å². The number of carbonyl (C=O) groups is 1. The van der Waals surface area contributed by atoms with Crippen LogP contribution in [0, 0.1) is 0 Å². The van der Waals surface area contributed by atoms with Crippen molar-refractivity contribution >= 4 is 15.9 Å². The number of nitrogens with one attached hydrogen (secondary N) is 2. The molecule has 2 fully saturated rings. The quantitative estimate of drug-likeness (QED) is 0.814. The molecule has 0 spiro atoms. The van der Waals surface area contributed by atoms with Gasteiger partial charge < -0.3 is 15.4 Å². The van der Waals surface area contributed by atoms with Gasteiger partial charge in [0, 0.05) is 24.4 Å². The minimum absolute atomic E-state index is 0.00966. The molecule has 2 aliphatic rings. The summed E-state index contributed by atoms with van der Waals surface area (Å²) < 4.78 is 28.7. The van der Waals surface area contributed by atoms with Crippen molar-refractivity contribution < 1.29 is 17.9 Å². The largest absolute Gasteiger partial charge is 0.444 e. The monoisotopic (exact) mass is 318 g/mol. The molecule has 6 nitrogen and oxygen atoms in total. The fourth-order valence-electron chi connectivity index (χ4n) is 2.90. The molecule has 1 amide bonds. The second kappa shape index (κ2) is 5.76. The van der Waals surface area contributed by atoms with Crippen LogP contribution < -0.4 is 10.6 Å². The molecule has 122 valence electrons. The van der Waals surface area contributed by atoms with E-state index in [1.807, 2.05) is 20.8 Å². The first kappa shape index (κ1) is 16.5. The Balaban J connectivity index is 1.78. The number of carbonyl (C=O) groups excluding carboxylic acids is 1. The zero-order chi connectivity index (χ0) is 15.8. The zero-order valence-electron chi connectivity index (χ0n) is 13.2. The van der Waals surface area contributed by atoms with E-state index in [9.17, 15) is 13.2 Å². The predicted octanol–water partition coefficient (Wildman–Crippen LogP) is 1.21. The highest BCUT2D eigenvalue weighted by Crippen LogP contribution is 2.30. The van der Waals surface area contributed by atoms with Gasteiger partial charge in [0.1, 0.15) is 5.60 Å². The maximum Gasteiger partial charge on any atom is 0.407 e. The summed E-state index contributed by atoms with van der Waals surface area (Å²) in [5, 5.41) is 5.90. The first-order valence-corrected chi connectivity index (χ1v) is 9.46. The van der Waals surface area contributed by atoms with Gasteiger partial charge in [-0.15, -0.1) is 0 Å². The predicted molar refractivity (Wildman–Crippen MR) is 81.0 cm³/mol. The lowest BCUT2D eigenvalue weighted by Gasteiger charge is -2.21. The molecule has 0 aliphatic heterocycles. The Labute approximate surface area is 126 Å². The molecule has 0 aromatic heterocycles. The van der Waals surface area contributed by atoms with Crippen molar-refractivity contribution in [3.63, 3.8) is 0 Å². The Morgan fingerprint density at radius 3 is 2.38 bits per heavy atom. The average molecular weight is 318 g/mol. The molecule has 2 saturated carbocycles. The van der Waals surface area contributed by atoms with Crippen molar-refractivity contribution in [2.45, 2.75) is 75.4 Å². The fraction of sp³-hybridized carbons (Fsp3) is 0.929. The molecule has 21 heavy (non-hydrogen) atoms. The standard InChI is InChI=1S/C14H26N2O4S/c1-14(2,3)20-13(17)16-11-8-10(11)15-9-6-5-7-12(9)21(4,18)19/h9-12,15H,5-8H2,1-4H3,(H,16,17). The summed E-state index contributed by atoms with van der Waals surface area (Å²) >= 11 is 0. The molecule has 4 atom stereocenters. The highest BCUT2D eigenvalue weighted by atomic mass is 32.2. The van der Waals surface area contributed by atoms with Crippen LogP contribution in [0.3, 0.4) is 0 Å². The molecule has 0 aromatic rings. The van der Waals surface area contributed by atoms with Gasteiger partial charge in [-0.2, -0.15) is 0 Å². The van der Waals surface area contributed by atoms with Gasteiger partial charge in [-0.1, -0.05) is 6.42 Å². The molecule has 2 N–H and O–H groups in total. The topological polar surface area (TPSA) is 84.5 Å². The van der Waals surface area contributed by atoms with E-state index in [0.29, 0.717) is 0 Å². The lowest BCUT2D eigenvalue weighted by molar-refractivity contribution is 0.0521. The van der Waals surface area contributed by atoms with E-state index in [1.165, 1.54) is 6.26 Å². The lowest BCUT2D eigenvalue weighted by atomic mass is 10.2. The van der Waals surface area contributed by atoms with Crippen molar-refractivity contribution in [3.05, 3.63) is 0 Å². The van der Waals surface area contributed by atoms with Crippen LogP contribution >= 0.6 is 0 Å². The maximum absolute atomic E-state index is 11.7. The van der Waals surface area contributed by atoms with Crippen LogP contribution in [0.5, 0.6) is 0 Å². The molecule has 0 saturated heterocycles. The summed E-state index contributed by atoms with van der Waals surface area (Å²) in [4.78, 5) is 11.7. The Hall–Kier alpha value is -0.820. The first-order valence-electron chi connectivity index (χ1n) is 7.51. The smallest absolute Gasteiger partial charge is 0.407 e. The summed E-state index contributed by atoms with van der Waals surface area (Å²) in [7, 11) is -3.01. The maximum atomic E-state index is 11.7. The molecular weight excluding hydrogens is 292 g/mol. The number of hydrogen-bond donors (Lipinski definition) is 2. The van der Waals surface area contributed by atoms with Crippen LogP contribution in [-0.4, -0.2) is 49.7 Å². The Kier molecular flexibility index (Phi) is 4.54. The van der Waals surface area contributed by atoms with Gasteiger partial charge in [0.05, 0.1) is 5.25 Å². The third-order valence-corrected chi connectivity index (χ3v) is 5.59. The third kappa shape index (κ3) is 4.85. The van der Waals surface area contributed by atoms with Gasteiger partial charge in [-0.05, 0) is 40.0 Å². The molecule has 4 unspecified atom stereocenters. The van der Waals surface area contributed by atoms with Gasteiger partial charge >= 0.3 is 6.09 Å². The van der Waals surface area contributed by atoms with Gasteiger partial charge in [0.25, 0.3) is 0 Å². The third-order valence-electron chi connectivity index (χ3n) is 3.92. The second-order valence-corrected chi connectivity index (χ2v) is 9.43. The van der Waals surface area contributed by atoms with Crippen LogP contribution in [0.2, 0.25) is 0 Å². The van der Waals surface area contributed by atoms with Crippen LogP contribution in [0.25, 0.3) is 0 Å². The Bertz CT molecular complexity index is 498.